The van der Waals surface area contributed by atoms with Crippen LogP contribution in [0.4, 0.5) is 11.4 Å². The Bertz CT molecular complexity index is 1900. The number of likely N-dealkylation sites (tertiary alicyclic amines) is 1. The van der Waals surface area contributed by atoms with Gasteiger partial charge in [-0.2, -0.15) is 4.68 Å². The number of imide groups is 1. The van der Waals surface area contributed by atoms with Crippen LogP contribution >= 0.6 is 0 Å². The lowest BCUT2D eigenvalue weighted by Crippen LogP contribution is -2.59. The van der Waals surface area contributed by atoms with Crippen LogP contribution in [-0.2, 0) is 14.4 Å². The molecule has 1 aromatic heterocycles. The number of nitrogens with two attached hydrogens (primary N) is 1. The van der Waals surface area contributed by atoms with E-state index in [0.29, 0.717) is 41.0 Å². The van der Waals surface area contributed by atoms with Gasteiger partial charge in [-0.1, -0.05) is 5.21 Å². The van der Waals surface area contributed by atoms with Gasteiger partial charge in [0.15, 0.2) is 0 Å². The molecule has 4 saturated heterocycles. The minimum atomic E-state index is -0.864. The maximum absolute atomic E-state index is 13.6. The molecule has 0 radical (unpaired) electrons. The Morgan fingerprint density at radius 2 is 1.47 bits per heavy atom. The van der Waals surface area contributed by atoms with E-state index >= 15 is 0 Å². The third kappa shape index (κ3) is 6.45. The van der Waals surface area contributed by atoms with E-state index in [1.807, 2.05) is 18.2 Å². The van der Waals surface area contributed by atoms with Gasteiger partial charge in [-0.25, -0.2) is 0 Å². The Labute approximate surface area is 295 Å². The van der Waals surface area contributed by atoms with Gasteiger partial charge in [0.05, 0.1) is 5.39 Å². The Morgan fingerprint density at radius 1 is 0.804 bits per heavy atom. The number of carbonyl (C=O) groups excluding carboxylic acids is 4. The zero-order valence-electron chi connectivity index (χ0n) is 28.8. The molecule has 1 spiro atoms. The van der Waals surface area contributed by atoms with E-state index in [2.05, 4.69) is 35.2 Å². The summed E-state index contributed by atoms with van der Waals surface area (Å²) in [7, 11) is 0. The fourth-order valence-electron chi connectivity index (χ4n) is 8.99. The molecule has 1 saturated carbocycles. The SMILES string of the molecule is NC(=O)c1ccc(N2CCN(C3CC4(CCN(C(=O)C5CCN(c6ccc7nnn(C8CCC(=O)NC8=O)c(=O)c7c6)CC5)CC4)C3)CC2)cc1. The quantitative estimate of drug-likeness (QED) is 0.362. The predicted molar refractivity (Wildman–Crippen MR) is 190 cm³/mol. The average molecular weight is 696 g/mol. The Kier molecular flexibility index (Phi) is 8.73. The topological polar surface area (TPSA) is 167 Å². The molecule has 2 aromatic carbocycles. The lowest BCUT2D eigenvalue weighted by atomic mass is 9.60. The second kappa shape index (κ2) is 13.4. The average Bonchev–Trinajstić information content (AvgIpc) is 3.14. The lowest BCUT2D eigenvalue weighted by Gasteiger charge is -2.56. The molecule has 3 aromatic rings. The van der Waals surface area contributed by atoms with Crippen molar-refractivity contribution in [1.29, 1.82) is 0 Å². The van der Waals surface area contributed by atoms with Gasteiger partial charge in [0.25, 0.3) is 11.5 Å². The molecular formula is C37H45N9O5. The number of rotatable bonds is 6. The van der Waals surface area contributed by atoms with Crippen LogP contribution in [-0.4, -0.2) is 107 Å². The van der Waals surface area contributed by atoms with Crippen molar-refractivity contribution < 1.29 is 19.2 Å². The van der Waals surface area contributed by atoms with Crippen LogP contribution in [0.15, 0.2) is 47.3 Å². The second-order valence-electron chi connectivity index (χ2n) is 15.1. The summed E-state index contributed by atoms with van der Waals surface area (Å²) in [6.07, 6.45) is 6.48. The van der Waals surface area contributed by atoms with Crippen molar-refractivity contribution in [2.75, 3.05) is 62.2 Å². The number of piperazine rings is 1. The van der Waals surface area contributed by atoms with Crippen LogP contribution in [0.3, 0.4) is 0 Å². The maximum Gasteiger partial charge on any atom is 0.278 e. The first-order valence-electron chi connectivity index (χ1n) is 18.3. The largest absolute Gasteiger partial charge is 0.371 e. The third-order valence-electron chi connectivity index (χ3n) is 12.2. The minimum Gasteiger partial charge on any atom is -0.371 e. The van der Waals surface area contributed by atoms with Crippen LogP contribution < -0.4 is 26.4 Å². The number of primary amides is 1. The molecule has 5 heterocycles. The van der Waals surface area contributed by atoms with E-state index in [1.165, 1.54) is 12.8 Å². The van der Waals surface area contributed by atoms with Crippen molar-refractivity contribution >= 4 is 45.9 Å². The van der Waals surface area contributed by atoms with E-state index < -0.39 is 23.4 Å². The highest BCUT2D eigenvalue weighted by Crippen LogP contribution is 2.51. The van der Waals surface area contributed by atoms with E-state index in [9.17, 15) is 24.0 Å². The molecule has 5 aliphatic rings. The first-order chi connectivity index (χ1) is 24.7. The van der Waals surface area contributed by atoms with Crippen molar-refractivity contribution in [3.05, 3.63) is 58.4 Å². The summed E-state index contributed by atoms with van der Waals surface area (Å²) in [5, 5.41) is 10.8. The number of benzene rings is 2. The number of carbonyl (C=O) groups is 4. The van der Waals surface area contributed by atoms with Crippen LogP contribution in [0.5, 0.6) is 0 Å². The fourth-order valence-corrected chi connectivity index (χ4v) is 8.99. The number of nitrogens with one attached hydrogen (secondary N) is 1. The number of fused-ring (bicyclic) bond motifs is 1. The molecule has 5 fully saturated rings. The van der Waals surface area contributed by atoms with Gasteiger partial charge in [0, 0.05) is 87.7 Å². The molecule has 14 nitrogen and oxygen atoms in total. The minimum absolute atomic E-state index is 0.00353. The standard InChI is InChI=1S/C37H45N9O5/c38-33(48)24-1-3-26(4-2-24)43-17-19-44(20-18-43)28-22-37(23-28)11-15-45(16-12-37)35(50)25-9-13-42(14-10-25)27-5-6-30-29(21-27)36(51)46(41-40-30)31-7-8-32(47)39-34(31)49/h1-6,21,25,28,31H,7-20,22-23H2,(H2,38,48)(H,39,47,49). The summed E-state index contributed by atoms with van der Waals surface area (Å²) in [6.45, 7) is 7.13. The second-order valence-corrected chi connectivity index (χ2v) is 15.1. The first kappa shape index (κ1) is 33.3. The molecule has 4 amide bonds. The van der Waals surface area contributed by atoms with Crippen LogP contribution in [0.2, 0.25) is 0 Å². The summed E-state index contributed by atoms with van der Waals surface area (Å²) in [4.78, 5) is 71.7. The van der Waals surface area contributed by atoms with E-state index in [0.717, 1.165) is 81.0 Å². The molecule has 4 aliphatic heterocycles. The van der Waals surface area contributed by atoms with Crippen molar-refractivity contribution in [3.63, 3.8) is 0 Å². The number of hydrogen-bond donors (Lipinski definition) is 2. The number of hydrogen-bond acceptors (Lipinski definition) is 10. The molecule has 0 bridgehead atoms. The van der Waals surface area contributed by atoms with Gasteiger partial charge in [-0.15, -0.1) is 5.10 Å². The summed E-state index contributed by atoms with van der Waals surface area (Å²) < 4.78 is 1.09. The van der Waals surface area contributed by atoms with E-state index in [-0.39, 0.29) is 30.6 Å². The first-order valence-corrected chi connectivity index (χ1v) is 18.3. The Hall–Kier alpha value is -4.85. The van der Waals surface area contributed by atoms with E-state index in [4.69, 9.17) is 5.73 Å². The van der Waals surface area contributed by atoms with Crippen molar-refractivity contribution in [2.45, 2.75) is 63.5 Å². The zero-order valence-corrected chi connectivity index (χ0v) is 28.8. The lowest BCUT2D eigenvalue weighted by molar-refractivity contribution is -0.141. The Balaban J connectivity index is 0.803. The molecule has 1 aliphatic carbocycles. The number of amides is 4. The van der Waals surface area contributed by atoms with Crippen molar-refractivity contribution in [1.82, 2.24) is 30.1 Å². The molecule has 8 rings (SSSR count). The number of nitrogens with zero attached hydrogens (tertiary/aromatic N) is 7. The molecule has 268 valence electrons. The molecule has 51 heavy (non-hydrogen) atoms. The fraction of sp³-hybridized carbons (Fsp3) is 0.541. The predicted octanol–water partition coefficient (Wildman–Crippen LogP) is 1.68. The summed E-state index contributed by atoms with van der Waals surface area (Å²) in [6, 6.07) is 12.8. The summed E-state index contributed by atoms with van der Waals surface area (Å²) in [5.74, 6) is -1.01. The van der Waals surface area contributed by atoms with Crippen LogP contribution in [0.1, 0.15) is 67.8 Å². The third-order valence-corrected chi connectivity index (χ3v) is 12.2. The van der Waals surface area contributed by atoms with Crippen molar-refractivity contribution in [2.24, 2.45) is 17.1 Å². The maximum atomic E-state index is 13.6. The van der Waals surface area contributed by atoms with Crippen molar-refractivity contribution in [3.8, 4) is 0 Å². The molecule has 1 atom stereocenters. The monoisotopic (exact) mass is 695 g/mol. The number of aromatic nitrogens is 3. The molecule has 14 heteroatoms. The highest BCUT2D eigenvalue weighted by molar-refractivity contribution is 5.99. The van der Waals surface area contributed by atoms with E-state index in [1.54, 1.807) is 24.3 Å². The summed E-state index contributed by atoms with van der Waals surface area (Å²) >= 11 is 0. The Morgan fingerprint density at radius 3 is 2.14 bits per heavy atom. The van der Waals surface area contributed by atoms with Gasteiger partial charge in [0.1, 0.15) is 11.6 Å². The highest BCUT2D eigenvalue weighted by atomic mass is 16.2. The van der Waals surface area contributed by atoms with Gasteiger partial charge < -0.3 is 20.4 Å². The number of anilines is 2. The van der Waals surface area contributed by atoms with Crippen LogP contribution in [0.25, 0.3) is 10.9 Å². The molecular weight excluding hydrogens is 650 g/mol. The molecule has 1 unspecified atom stereocenters. The zero-order chi connectivity index (χ0) is 35.3. The normalized spacial score (nSPS) is 23.4. The van der Waals surface area contributed by atoms with Gasteiger partial charge >= 0.3 is 0 Å². The number of piperidine rings is 3. The summed E-state index contributed by atoms with van der Waals surface area (Å²) in [5.41, 5.74) is 8.35. The van der Waals surface area contributed by atoms with Crippen LogP contribution in [0, 0.1) is 11.3 Å². The molecule has 3 N–H and O–H groups in total. The van der Waals surface area contributed by atoms with Gasteiger partial charge in [-0.05, 0) is 92.8 Å². The smallest absolute Gasteiger partial charge is 0.278 e. The van der Waals surface area contributed by atoms with Gasteiger partial charge in [0.2, 0.25) is 17.7 Å². The highest BCUT2D eigenvalue weighted by Gasteiger charge is 2.49. The van der Waals surface area contributed by atoms with Gasteiger partial charge in [-0.3, -0.25) is 34.2 Å².